The van der Waals surface area contributed by atoms with Gasteiger partial charge in [0, 0.05) is 19.6 Å². The molecule has 0 bridgehead atoms. The van der Waals surface area contributed by atoms with Crippen LogP contribution in [0.1, 0.15) is 26.5 Å². The maximum absolute atomic E-state index is 4.42. The predicted molar refractivity (Wildman–Crippen MR) is 67.5 cm³/mol. The highest BCUT2D eigenvalue weighted by Gasteiger charge is 2.14. The molecule has 0 aliphatic heterocycles. The van der Waals surface area contributed by atoms with Crippen LogP contribution >= 0.6 is 0 Å². The Labute approximate surface area is 98.1 Å². The van der Waals surface area contributed by atoms with Crippen LogP contribution in [0.25, 0.3) is 0 Å². The molecule has 1 atom stereocenters. The first-order valence-corrected chi connectivity index (χ1v) is 5.74. The van der Waals surface area contributed by atoms with Crippen LogP contribution in [-0.2, 0) is 6.54 Å². The summed E-state index contributed by atoms with van der Waals surface area (Å²) < 4.78 is 0. The number of nitrogens with zero attached hydrogens (tertiary/aromatic N) is 3. The fourth-order valence-corrected chi connectivity index (χ4v) is 1.46. The van der Waals surface area contributed by atoms with Gasteiger partial charge in [-0.2, -0.15) is 0 Å². The van der Waals surface area contributed by atoms with Gasteiger partial charge in [-0.1, -0.05) is 13.8 Å². The van der Waals surface area contributed by atoms with E-state index in [2.05, 4.69) is 48.0 Å². The minimum Gasteiger partial charge on any atom is -0.355 e. The minimum atomic E-state index is 0.462. The van der Waals surface area contributed by atoms with Crippen molar-refractivity contribution in [2.45, 2.75) is 33.4 Å². The van der Waals surface area contributed by atoms with Gasteiger partial charge in [-0.15, -0.1) is 0 Å². The fraction of sp³-hybridized carbons (Fsp3) is 0.667. The molecule has 0 aliphatic rings. The summed E-state index contributed by atoms with van der Waals surface area (Å²) >= 11 is 0. The summed E-state index contributed by atoms with van der Waals surface area (Å²) in [6.45, 7) is 7.39. The van der Waals surface area contributed by atoms with Crippen molar-refractivity contribution < 1.29 is 0 Å². The second-order valence-electron chi connectivity index (χ2n) is 4.49. The molecule has 1 aromatic rings. The average Bonchev–Trinajstić information content (AvgIpc) is 2.28. The molecule has 4 heteroatoms. The third kappa shape index (κ3) is 3.17. The Morgan fingerprint density at radius 3 is 2.38 bits per heavy atom. The maximum Gasteiger partial charge on any atom is 0.147 e. The molecule has 1 aromatic heterocycles. The van der Waals surface area contributed by atoms with Crippen LogP contribution in [-0.4, -0.2) is 30.1 Å². The average molecular weight is 222 g/mol. The van der Waals surface area contributed by atoms with Gasteiger partial charge in [0.05, 0.1) is 18.1 Å². The van der Waals surface area contributed by atoms with E-state index in [-0.39, 0.29) is 0 Å². The Kier molecular flexibility index (Phi) is 4.68. The van der Waals surface area contributed by atoms with Crippen molar-refractivity contribution in [2.24, 2.45) is 5.92 Å². The molecular weight excluding hydrogens is 200 g/mol. The van der Waals surface area contributed by atoms with Crippen molar-refractivity contribution in [1.82, 2.24) is 15.3 Å². The first-order valence-electron chi connectivity index (χ1n) is 5.74. The smallest absolute Gasteiger partial charge is 0.147 e. The number of rotatable bonds is 5. The number of hydrogen-bond acceptors (Lipinski definition) is 4. The zero-order valence-electron chi connectivity index (χ0n) is 10.9. The molecule has 1 heterocycles. The molecule has 16 heavy (non-hydrogen) atoms. The van der Waals surface area contributed by atoms with Gasteiger partial charge in [0.25, 0.3) is 0 Å². The minimum absolute atomic E-state index is 0.462. The second-order valence-corrected chi connectivity index (χ2v) is 4.49. The molecule has 0 amide bonds. The topological polar surface area (TPSA) is 41.1 Å². The quantitative estimate of drug-likeness (QED) is 0.823. The molecule has 1 N–H and O–H groups in total. The Morgan fingerprint density at radius 2 is 1.94 bits per heavy atom. The zero-order valence-corrected chi connectivity index (χ0v) is 10.9. The van der Waals surface area contributed by atoms with E-state index in [0.29, 0.717) is 12.0 Å². The van der Waals surface area contributed by atoms with Crippen LogP contribution in [0.4, 0.5) is 5.82 Å². The number of hydrogen-bond donors (Lipinski definition) is 1. The summed E-state index contributed by atoms with van der Waals surface area (Å²) in [5.74, 6) is 1.53. The van der Waals surface area contributed by atoms with Gasteiger partial charge in [-0.25, -0.2) is 4.98 Å². The van der Waals surface area contributed by atoms with Gasteiger partial charge >= 0.3 is 0 Å². The lowest BCUT2D eigenvalue weighted by Crippen LogP contribution is -2.33. The first-order chi connectivity index (χ1) is 7.56. The molecule has 0 spiro atoms. The van der Waals surface area contributed by atoms with Gasteiger partial charge in [-0.3, -0.25) is 4.98 Å². The van der Waals surface area contributed by atoms with Crippen molar-refractivity contribution in [3.63, 3.8) is 0 Å². The van der Waals surface area contributed by atoms with E-state index in [1.807, 2.05) is 19.4 Å². The molecule has 0 aliphatic carbocycles. The van der Waals surface area contributed by atoms with Crippen molar-refractivity contribution in [3.05, 3.63) is 18.1 Å². The summed E-state index contributed by atoms with van der Waals surface area (Å²) in [5, 5.41) is 3.06. The van der Waals surface area contributed by atoms with E-state index in [0.717, 1.165) is 18.1 Å². The van der Waals surface area contributed by atoms with E-state index in [4.69, 9.17) is 0 Å². The zero-order chi connectivity index (χ0) is 12.1. The lowest BCUT2D eigenvalue weighted by atomic mass is 10.1. The number of aromatic nitrogens is 2. The van der Waals surface area contributed by atoms with Crippen LogP contribution in [0.15, 0.2) is 12.4 Å². The SMILES string of the molecule is CNCc1cnc(N(C)C(C)C(C)C)cn1. The molecule has 0 radical (unpaired) electrons. The highest BCUT2D eigenvalue weighted by molar-refractivity contribution is 5.35. The van der Waals surface area contributed by atoms with Crippen LogP contribution < -0.4 is 10.2 Å². The summed E-state index contributed by atoms with van der Waals surface area (Å²) in [7, 11) is 3.97. The standard InChI is InChI=1S/C12H22N4/c1-9(2)10(3)16(5)12-8-14-11(6-13-4)7-15-12/h7-10,13H,6H2,1-5H3. The van der Waals surface area contributed by atoms with Crippen LogP contribution in [0, 0.1) is 5.92 Å². The Balaban J connectivity index is 2.73. The Hall–Kier alpha value is -1.16. The molecule has 90 valence electrons. The maximum atomic E-state index is 4.42. The highest BCUT2D eigenvalue weighted by atomic mass is 15.2. The van der Waals surface area contributed by atoms with E-state index >= 15 is 0 Å². The third-order valence-electron chi connectivity index (χ3n) is 2.99. The molecular formula is C12H22N4. The molecule has 0 saturated carbocycles. The molecule has 0 aromatic carbocycles. The summed E-state index contributed by atoms with van der Waals surface area (Å²) in [6.07, 6.45) is 3.67. The van der Waals surface area contributed by atoms with Gasteiger partial charge < -0.3 is 10.2 Å². The lowest BCUT2D eigenvalue weighted by Gasteiger charge is -2.28. The Morgan fingerprint density at radius 1 is 1.25 bits per heavy atom. The predicted octanol–water partition coefficient (Wildman–Crippen LogP) is 1.68. The highest BCUT2D eigenvalue weighted by Crippen LogP contribution is 2.15. The summed E-state index contributed by atoms with van der Waals surface area (Å²) in [5.41, 5.74) is 0.969. The van der Waals surface area contributed by atoms with Gasteiger partial charge in [0.2, 0.25) is 0 Å². The van der Waals surface area contributed by atoms with Crippen molar-refractivity contribution in [3.8, 4) is 0 Å². The van der Waals surface area contributed by atoms with Crippen molar-refractivity contribution >= 4 is 5.82 Å². The van der Waals surface area contributed by atoms with Gasteiger partial charge in [0.15, 0.2) is 0 Å². The second kappa shape index (κ2) is 5.80. The molecule has 1 unspecified atom stereocenters. The molecule has 0 fully saturated rings. The summed E-state index contributed by atoms with van der Waals surface area (Å²) in [6, 6.07) is 0.462. The molecule has 0 saturated heterocycles. The van der Waals surface area contributed by atoms with Gasteiger partial charge in [-0.05, 0) is 19.9 Å². The largest absolute Gasteiger partial charge is 0.355 e. The van der Waals surface area contributed by atoms with E-state index in [1.165, 1.54) is 0 Å². The van der Waals surface area contributed by atoms with Gasteiger partial charge in [0.1, 0.15) is 5.82 Å². The Bertz CT molecular complexity index is 307. The third-order valence-corrected chi connectivity index (χ3v) is 2.99. The molecule has 4 nitrogen and oxygen atoms in total. The van der Waals surface area contributed by atoms with E-state index < -0.39 is 0 Å². The monoisotopic (exact) mass is 222 g/mol. The van der Waals surface area contributed by atoms with Crippen molar-refractivity contribution in [1.29, 1.82) is 0 Å². The van der Waals surface area contributed by atoms with Crippen LogP contribution in [0.2, 0.25) is 0 Å². The summed E-state index contributed by atoms with van der Waals surface area (Å²) in [4.78, 5) is 11.0. The lowest BCUT2D eigenvalue weighted by molar-refractivity contribution is 0.502. The van der Waals surface area contributed by atoms with E-state index in [1.54, 1.807) is 0 Å². The molecule has 1 rings (SSSR count). The van der Waals surface area contributed by atoms with E-state index in [9.17, 15) is 0 Å². The normalized spacial score (nSPS) is 12.9. The van der Waals surface area contributed by atoms with Crippen LogP contribution in [0.3, 0.4) is 0 Å². The first kappa shape index (κ1) is 12.9. The number of nitrogens with one attached hydrogen (secondary N) is 1. The number of anilines is 1. The van der Waals surface area contributed by atoms with Crippen molar-refractivity contribution in [2.75, 3.05) is 19.0 Å². The van der Waals surface area contributed by atoms with Crippen LogP contribution in [0.5, 0.6) is 0 Å². The fourth-order valence-electron chi connectivity index (χ4n) is 1.46.